The van der Waals surface area contributed by atoms with Gasteiger partial charge in [0.15, 0.2) is 0 Å². The maximum Gasteiger partial charge on any atom is 0.289 e. The standard InChI is InChI=1S/C12H21N3O2.ClH/c1-4-5-13-6-7-14-12(16)11-8-10(9(2)3)15-17-11;/h8-9,13H,4-7H2,1-3H3,(H,14,16);1H. The lowest BCUT2D eigenvalue weighted by Crippen LogP contribution is -2.31. The molecule has 0 unspecified atom stereocenters. The van der Waals surface area contributed by atoms with Crippen molar-refractivity contribution in [2.24, 2.45) is 0 Å². The molecule has 0 fully saturated rings. The second-order valence-electron chi connectivity index (χ2n) is 4.28. The van der Waals surface area contributed by atoms with Crippen molar-refractivity contribution >= 4 is 18.3 Å². The third-order valence-corrected chi connectivity index (χ3v) is 2.36. The highest BCUT2D eigenvalue weighted by molar-refractivity contribution is 5.91. The number of hydrogen-bond acceptors (Lipinski definition) is 4. The van der Waals surface area contributed by atoms with E-state index in [-0.39, 0.29) is 30.0 Å². The fraction of sp³-hybridized carbons (Fsp3) is 0.667. The summed E-state index contributed by atoms with van der Waals surface area (Å²) in [4.78, 5) is 11.6. The molecule has 0 saturated heterocycles. The third-order valence-electron chi connectivity index (χ3n) is 2.36. The van der Waals surface area contributed by atoms with Crippen LogP contribution in [0.2, 0.25) is 0 Å². The number of aromatic nitrogens is 1. The zero-order chi connectivity index (χ0) is 12.7. The van der Waals surface area contributed by atoms with Gasteiger partial charge in [-0.1, -0.05) is 25.9 Å². The summed E-state index contributed by atoms with van der Waals surface area (Å²) in [6, 6.07) is 1.69. The lowest BCUT2D eigenvalue weighted by molar-refractivity contribution is 0.0917. The minimum atomic E-state index is -0.206. The number of rotatable bonds is 7. The van der Waals surface area contributed by atoms with Crippen LogP contribution in [0.4, 0.5) is 0 Å². The minimum absolute atomic E-state index is 0. The average molecular weight is 276 g/mol. The fourth-order valence-corrected chi connectivity index (χ4v) is 1.32. The van der Waals surface area contributed by atoms with Crippen molar-refractivity contribution in [3.63, 3.8) is 0 Å². The summed E-state index contributed by atoms with van der Waals surface area (Å²) in [5, 5.41) is 9.82. The smallest absolute Gasteiger partial charge is 0.289 e. The molecule has 0 aromatic carbocycles. The van der Waals surface area contributed by atoms with E-state index in [1.165, 1.54) is 0 Å². The molecule has 0 aliphatic carbocycles. The topological polar surface area (TPSA) is 67.2 Å². The maximum absolute atomic E-state index is 11.6. The number of hydrogen-bond donors (Lipinski definition) is 2. The van der Waals surface area contributed by atoms with E-state index in [1.54, 1.807) is 6.07 Å². The monoisotopic (exact) mass is 275 g/mol. The van der Waals surface area contributed by atoms with Gasteiger partial charge in [-0.15, -0.1) is 12.4 Å². The van der Waals surface area contributed by atoms with Gasteiger partial charge in [0.2, 0.25) is 5.76 Å². The predicted molar refractivity (Wildman–Crippen MR) is 73.3 cm³/mol. The van der Waals surface area contributed by atoms with Crippen molar-refractivity contribution in [2.45, 2.75) is 33.1 Å². The Morgan fingerprint density at radius 2 is 2.11 bits per heavy atom. The average Bonchev–Trinajstić information content (AvgIpc) is 2.78. The van der Waals surface area contributed by atoms with Crippen LogP contribution in [0.25, 0.3) is 0 Å². The molecule has 1 rings (SSSR count). The molecule has 0 aliphatic rings. The SMILES string of the molecule is CCCNCCNC(=O)c1cc(C(C)C)no1.Cl. The van der Waals surface area contributed by atoms with Gasteiger partial charge in [-0.2, -0.15) is 0 Å². The van der Waals surface area contributed by atoms with E-state index in [0.717, 1.165) is 25.2 Å². The first-order valence-electron chi connectivity index (χ1n) is 6.10. The largest absolute Gasteiger partial charge is 0.351 e. The Morgan fingerprint density at radius 3 is 2.67 bits per heavy atom. The molecule has 104 valence electrons. The molecule has 0 aliphatic heterocycles. The van der Waals surface area contributed by atoms with Gasteiger partial charge in [0, 0.05) is 19.2 Å². The molecule has 18 heavy (non-hydrogen) atoms. The van der Waals surface area contributed by atoms with E-state index >= 15 is 0 Å². The van der Waals surface area contributed by atoms with Gasteiger partial charge in [-0.05, 0) is 18.9 Å². The van der Waals surface area contributed by atoms with Crippen LogP contribution in [0.3, 0.4) is 0 Å². The molecule has 0 spiro atoms. The highest BCUT2D eigenvalue weighted by Gasteiger charge is 2.13. The maximum atomic E-state index is 11.6. The Kier molecular flexibility index (Phi) is 8.41. The highest BCUT2D eigenvalue weighted by Crippen LogP contribution is 2.13. The molecular weight excluding hydrogens is 254 g/mol. The van der Waals surface area contributed by atoms with E-state index in [9.17, 15) is 4.79 Å². The highest BCUT2D eigenvalue weighted by atomic mass is 35.5. The number of carbonyl (C=O) groups is 1. The van der Waals surface area contributed by atoms with Crippen LogP contribution < -0.4 is 10.6 Å². The summed E-state index contributed by atoms with van der Waals surface area (Å²) in [7, 11) is 0. The van der Waals surface area contributed by atoms with Gasteiger partial charge >= 0.3 is 0 Å². The summed E-state index contributed by atoms with van der Waals surface area (Å²) in [5.41, 5.74) is 0.805. The number of halogens is 1. The molecule has 1 aromatic heterocycles. The molecule has 1 amide bonds. The van der Waals surface area contributed by atoms with Crippen LogP contribution in [0, 0.1) is 0 Å². The zero-order valence-corrected chi connectivity index (χ0v) is 12.0. The van der Waals surface area contributed by atoms with Gasteiger partial charge < -0.3 is 15.2 Å². The molecule has 0 saturated carbocycles. The van der Waals surface area contributed by atoms with Crippen molar-refractivity contribution in [3.05, 3.63) is 17.5 Å². The van der Waals surface area contributed by atoms with Gasteiger partial charge in [0.25, 0.3) is 5.91 Å². The first-order chi connectivity index (χ1) is 8.15. The molecule has 0 bridgehead atoms. The molecule has 0 radical (unpaired) electrons. The molecule has 0 atom stereocenters. The molecule has 6 heteroatoms. The Hall–Kier alpha value is -1.07. The lowest BCUT2D eigenvalue weighted by Gasteiger charge is -2.03. The van der Waals surface area contributed by atoms with Crippen molar-refractivity contribution in [3.8, 4) is 0 Å². The normalized spacial score (nSPS) is 10.2. The summed E-state index contributed by atoms with van der Waals surface area (Å²) in [6.45, 7) is 8.45. The quantitative estimate of drug-likeness (QED) is 0.747. The van der Waals surface area contributed by atoms with Crippen molar-refractivity contribution in [2.75, 3.05) is 19.6 Å². The van der Waals surface area contributed by atoms with Crippen LogP contribution in [-0.2, 0) is 0 Å². The van der Waals surface area contributed by atoms with Gasteiger partial charge in [0.1, 0.15) is 0 Å². The number of carbonyl (C=O) groups excluding carboxylic acids is 1. The van der Waals surface area contributed by atoms with Crippen LogP contribution in [0.15, 0.2) is 10.6 Å². The van der Waals surface area contributed by atoms with Gasteiger partial charge in [0.05, 0.1) is 5.69 Å². The Labute approximate surface area is 114 Å². The summed E-state index contributed by atoms with van der Waals surface area (Å²) in [6.07, 6.45) is 1.09. The van der Waals surface area contributed by atoms with Crippen molar-refractivity contribution < 1.29 is 9.32 Å². The van der Waals surface area contributed by atoms with Crippen molar-refractivity contribution in [1.29, 1.82) is 0 Å². The predicted octanol–water partition coefficient (Wildman–Crippen LogP) is 1.95. The van der Waals surface area contributed by atoms with Crippen LogP contribution in [0.1, 0.15) is 49.4 Å². The van der Waals surface area contributed by atoms with E-state index in [4.69, 9.17) is 4.52 Å². The molecule has 1 aromatic rings. The number of nitrogens with one attached hydrogen (secondary N) is 2. The van der Waals surface area contributed by atoms with E-state index in [0.29, 0.717) is 6.54 Å². The first kappa shape index (κ1) is 16.9. The Balaban J connectivity index is 0.00000289. The Bertz CT molecular complexity index is 353. The van der Waals surface area contributed by atoms with E-state index in [2.05, 4.69) is 22.7 Å². The summed E-state index contributed by atoms with van der Waals surface area (Å²) >= 11 is 0. The van der Waals surface area contributed by atoms with Crippen LogP contribution in [0.5, 0.6) is 0 Å². The molecular formula is C12H22ClN3O2. The second kappa shape index (κ2) is 8.94. The third kappa shape index (κ3) is 5.51. The minimum Gasteiger partial charge on any atom is -0.351 e. The van der Waals surface area contributed by atoms with E-state index < -0.39 is 0 Å². The van der Waals surface area contributed by atoms with E-state index in [1.807, 2.05) is 13.8 Å². The van der Waals surface area contributed by atoms with Crippen molar-refractivity contribution in [1.82, 2.24) is 15.8 Å². The number of nitrogens with zero attached hydrogens (tertiary/aromatic N) is 1. The summed E-state index contributed by atoms with van der Waals surface area (Å²) in [5.74, 6) is 0.346. The fourth-order valence-electron chi connectivity index (χ4n) is 1.32. The second-order valence-corrected chi connectivity index (χ2v) is 4.28. The molecule has 5 nitrogen and oxygen atoms in total. The first-order valence-corrected chi connectivity index (χ1v) is 6.10. The number of amides is 1. The van der Waals surface area contributed by atoms with Gasteiger partial charge in [-0.3, -0.25) is 4.79 Å². The lowest BCUT2D eigenvalue weighted by atomic mass is 10.1. The van der Waals surface area contributed by atoms with Crippen LogP contribution in [-0.4, -0.2) is 30.7 Å². The molecule has 2 N–H and O–H groups in total. The molecule has 1 heterocycles. The Morgan fingerprint density at radius 1 is 1.39 bits per heavy atom. The van der Waals surface area contributed by atoms with Gasteiger partial charge in [-0.25, -0.2) is 0 Å². The zero-order valence-electron chi connectivity index (χ0n) is 11.2. The van der Waals surface area contributed by atoms with Crippen LogP contribution >= 0.6 is 12.4 Å². The summed E-state index contributed by atoms with van der Waals surface area (Å²) < 4.78 is 4.98.